The van der Waals surface area contributed by atoms with Crippen molar-refractivity contribution in [1.82, 2.24) is 5.32 Å². The summed E-state index contributed by atoms with van der Waals surface area (Å²) in [5.41, 5.74) is 3.25. The van der Waals surface area contributed by atoms with Crippen molar-refractivity contribution in [2.45, 2.75) is 13.5 Å². The maximum Gasteiger partial charge on any atom is 0.263 e. The Bertz CT molecular complexity index is 799. The molecule has 3 rings (SSSR count). The van der Waals surface area contributed by atoms with Gasteiger partial charge in [-0.05, 0) is 36.3 Å². The zero-order chi connectivity index (χ0) is 16.2. The van der Waals surface area contributed by atoms with E-state index in [0.717, 1.165) is 16.9 Å². The van der Waals surface area contributed by atoms with Crippen molar-refractivity contribution in [2.24, 2.45) is 0 Å². The summed E-state index contributed by atoms with van der Waals surface area (Å²) in [4.78, 5) is 12.3. The second-order valence-electron chi connectivity index (χ2n) is 5.20. The van der Waals surface area contributed by atoms with Crippen LogP contribution in [0.4, 0.5) is 0 Å². The van der Waals surface area contributed by atoms with Gasteiger partial charge in [-0.1, -0.05) is 65.9 Å². The van der Waals surface area contributed by atoms with Crippen LogP contribution in [0.3, 0.4) is 0 Å². The van der Waals surface area contributed by atoms with Gasteiger partial charge in [-0.15, -0.1) is 0 Å². The highest BCUT2D eigenvalue weighted by molar-refractivity contribution is 8.26. The summed E-state index contributed by atoms with van der Waals surface area (Å²) in [6.45, 7) is 2.58. The van der Waals surface area contributed by atoms with Crippen molar-refractivity contribution in [2.75, 3.05) is 0 Å². The van der Waals surface area contributed by atoms with Gasteiger partial charge in [-0.3, -0.25) is 4.79 Å². The molecule has 0 aliphatic carbocycles. The zero-order valence-corrected chi connectivity index (χ0v) is 14.2. The lowest BCUT2D eigenvalue weighted by molar-refractivity contribution is -0.115. The molecule has 1 heterocycles. The minimum atomic E-state index is -0.147. The molecular weight excluding hydrogens is 326 g/mol. The van der Waals surface area contributed by atoms with Crippen LogP contribution in [-0.4, -0.2) is 10.2 Å². The summed E-state index contributed by atoms with van der Waals surface area (Å²) in [5, 5.41) is 2.61. The van der Waals surface area contributed by atoms with Crippen LogP contribution in [0.1, 0.15) is 16.7 Å². The van der Waals surface area contributed by atoms with Crippen molar-refractivity contribution in [3.8, 4) is 5.75 Å². The van der Waals surface area contributed by atoms with Gasteiger partial charge >= 0.3 is 0 Å². The molecule has 0 saturated carbocycles. The number of benzene rings is 2. The van der Waals surface area contributed by atoms with Crippen LogP contribution >= 0.6 is 24.0 Å². The molecule has 2 aromatic rings. The minimum absolute atomic E-state index is 0.147. The molecule has 1 fully saturated rings. The number of hydrogen-bond acceptors (Lipinski definition) is 4. The highest BCUT2D eigenvalue weighted by Crippen LogP contribution is 2.27. The average Bonchev–Trinajstić information content (AvgIpc) is 2.83. The van der Waals surface area contributed by atoms with E-state index in [0.29, 0.717) is 15.8 Å². The van der Waals surface area contributed by atoms with Gasteiger partial charge in [-0.25, -0.2) is 0 Å². The maximum absolute atomic E-state index is 11.7. The summed E-state index contributed by atoms with van der Waals surface area (Å²) >= 11 is 6.26. The standard InChI is InChI=1S/C18H15NO2S2/c1-12-4-2-6-14(8-12)11-21-15-7-3-5-13(9-15)10-16-17(20)19-18(22)23-16/h2-10H,11H2,1H3,(H,19,20,22). The van der Waals surface area contributed by atoms with Crippen molar-refractivity contribution in [3.05, 3.63) is 70.1 Å². The van der Waals surface area contributed by atoms with Crippen LogP contribution in [0.25, 0.3) is 6.08 Å². The van der Waals surface area contributed by atoms with Crippen molar-refractivity contribution >= 4 is 40.3 Å². The Morgan fingerprint density at radius 2 is 2.04 bits per heavy atom. The second kappa shape index (κ2) is 6.98. The van der Waals surface area contributed by atoms with Crippen molar-refractivity contribution in [1.29, 1.82) is 0 Å². The fraction of sp³-hybridized carbons (Fsp3) is 0.111. The molecule has 1 aliphatic heterocycles. The first-order valence-electron chi connectivity index (χ1n) is 7.13. The molecule has 1 aliphatic rings. The molecule has 1 saturated heterocycles. The van der Waals surface area contributed by atoms with Crippen LogP contribution in [0.2, 0.25) is 0 Å². The van der Waals surface area contributed by atoms with Crippen LogP contribution < -0.4 is 10.1 Å². The largest absolute Gasteiger partial charge is 0.489 e. The van der Waals surface area contributed by atoms with Gasteiger partial charge in [0.25, 0.3) is 5.91 Å². The molecule has 0 bridgehead atoms. The SMILES string of the molecule is Cc1cccc(COc2cccc(C=C3SC(=S)NC3=O)c2)c1. The van der Waals surface area contributed by atoms with E-state index in [2.05, 4.69) is 24.4 Å². The number of carbonyl (C=O) groups excluding carboxylic acids is 1. The van der Waals surface area contributed by atoms with Gasteiger partial charge in [0.15, 0.2) is 0 Å². The number of nitrogens with one attached hydrogen (secondary N) is 1. The Morgan fingerprint density at radius 1 is 1.22 bits per heavy atom. The first-order valence-corrected chi connectivity index (χ1v) is 8.36. The van der Waals surface area contributed by atoms with E-state index >= 15 is 0 Å². The molecule has 0 aromatic heterocycles. The van der Waals surface area contributed by atoms with E-state index in [9.17, 15) is 4.79 Å². The highest BCUT2D eigenvalue weighted by atomic mass is 32.2. The molecule has 0 spiro atoms. The lowest BCUT2D eigenvalue weighted by Crippen LogP contribution is -2.17. The summed E-state index contributed by atoms with van der Waals surface area (Å²) in [6.07, 6.45) is 1.82. The van der Waals surface area contributed by atoms with E-state index in [4.69, 9.17) is 17.0 Å². The molecule has 116 valence electrons. The molecule has 0 atom stereocenters. The lowest BCUT2D eigenvalue weighted by atomic mass is 10.1. The Balaban J connectivity index is 1.71. The third-order valence-corrected chi connectivity index (χ3v) is 4.45. The second-order valence-corrected chi connectivity index (χ2v) is 6.92. The number of ether oxygens (including phenoxy) is 1. The Hall–Kier alpha value is -2.11. The first kappa shape index (κ1) is 15.8. The molecule has 23 heavy (non-hydrogen) atoms. The summed E-state index contributed by atoms with van der Waals surface area (Å²) < 4.78 is 6.33. The van der Waals surface area contributed by atoms with Crippen LogP contribution in [-0.2, 0) is 11.4 Å². The van der Waals surface area contributed by atoms with Gasteiger partial charge in [0, 0.05) is 0 Å². The smallest absolute Gasteiger partial charge is 0.263 e. The Labute approximate surface area is 144 Å². The van der Waals surface area contributed by atoms with Crippen molar-refractivity contribution < 1.29 is 9.53 Å². The number of carbonyl (C=O) groups is 1. The number of aryl methyl sites for hydroxylation is 1. The summed E-state index contributed by atoms with van der Waals surface area (Å²) in [5.74, 6) is 0.623. The number of amides is 1. The van der Waals surface area contributed by atoms with Crippen LogP contribution in [0.15, 0.2) is 53.4 Å². The normalized spacial score (nSPS) is 15.8. The molecule has 5 heteroatoms. The van der Waals surface area contributed by atoms with Crippen LogP contribution in [0.5, 0.6) is 5.75 Å². The molecule has 1 amide bonds. The third kappa shape index (κ3) is 4.21. The molecule has 1 N–H and O–H groups in total. The Kier molecular flexibility index (Phi) is 4.79. The van der Waals surface area contributed by atoms with Crippen LogP contribution in [0, 0.1) is 6.92 Å². The zero-order valence-electron chi connectivity index (χ0n) is 12.5. The highest BCUT2D eigenvalue weighted by Gasteiger charge is 2.21. The fourth-order valence-electron chi connectivity index (χ4n) is 2.24. The third-order valence-electron chi connectivity index (χ3n) is 3.29. The van der Waals surface area contributed by atoms with Gasteiger partial charge in [0.2, 0.25) is 0 Å². The van der Waals surface area contributed by atoms with Gasteiger partial charge in [0.1, 0.15) is 16.7 Å². The number of hydrogen-bond donors (Lipinski definition) is 1. The lowest BCUT2D eigenvalue weighted by Gasteiger charge is -2.07. The maximum atomic E-state index is 11.7. The monoisotopic (exact) mass is 341 g/mol. The van der Waals surface area contributed by atoms with Gasteiger partial charge < -0.3 is 10.1 Å². The molecule has 2 aromatic carbocycles. The van der Waals surface area contributed by atoms with E-state index in [-0.39, 0.29) is 5.91 Å². The first-order chi connectivity index (χ1) is 11.1. The summed E-state index contributed by atoms with van der Waals surface area (Å²) in [6, 6.07) is 15.9. The molecular formula is C18H15NO2S2. The number of thioether (sulfide) groups is 1. The van der Waals surface area contributed by atoms with Gasteiger partial charge in [-0.2, -0.15) is 0 Å². The van der Waals surface area contributed by atoms with Crippen molar-refractivity contribution in [3.63, 3.8) is 0 Å². The fourth-order valence-corrected chi connectivity index (χ4v) is 3.28. The van der Waals surface area contributed by atoms with E-state index in [1.54, 1.807) is 0 Å². The quantitative estimate of drug-likeness (QED) is 0.672. The number of rotatable bonds is 4. The predicted molar refractivity (Wildman–Crippen MR) is 98.3 cm³/mol. The van der Waals surface area contributed by atoms with Gasteiger partial charge in [0.05, 0.1) is 4.91 Å². The summed E-state index contributed by atoms with van der Waals surface area (Å²) in [7, 11) is 0. The Morgan fingerprint density at radius 3 is 2.78 bits per heavy atom. The minimum Gasteiger partial charge on any atom is -0.489 e. The van der Waals surface area contributed by atoms with E-state index in [1.807, 2.05) is 42.5 Å². The predicted octanol–water partition coefficient (Wildman–Crippen LogP) is 4.06. The van der Waals surface area contributed by atoms with E-state index in [1.165, 1.54) is 17.3 Å². The molecule has 0 radical (unpaired) electrons. The number of thiocarbonyl (C=S) groups is 1. The molecule has 3 nitrogen and oxygen atoms in total. The molecule has 0 unspecified atom stereocenters. The average molecular weight is 341 g/mol. The topological polar surface area (TPSA) is 38.3 Å². The van der Waals surface area contributed by atoms with E-state index < -0.39 is 0 Å².